The van der Waals surface area contributed by atoms with Crippen LogP contribution in [0.2, 0.25) is 0 Å². The Kier molecular flexibility index (Phi) is 3.68. The first-order valence-corrected chi connectivity index (χ1v) is 7.53. The van der Waals surface area contributed by atoms with Crippen LogP contribution in [-0.4, -0.2) is 26.0 Å². The molecule has 0 bridgehead atoms. The van der Waals surface area contributed by atoms with E-state index in [9.17, 15) is 9.90 Å². The van der Waals surface area contributed by atoms with E-state index in [-0.39, 0.29) is 12.3 Å². The molecular formula is C16H21N3O2. The molecule has 1 saturated carbocycles. The van der Waals surface area contributed by atoms with E-state index in [1.54, 1.807) is 0 Å². The number of hydrogen-bond acceptors (Lipinski definition) is 3. The average molecular weight is 287 g/mol. The molecule has 5 nitrogen and oxygen atoms in total. The molecule has 0 saturated heterocycles. The third-order valence-electron chi connectivity index (χ3n) is 4.15. The van der Waals surface area contributed by atoms with Gasteiger partial charge in [-0.3, -0.25) is 9.20 Å². The van der Waals surface area contributed by atoms with Gasteiger partial charge in [-0.1, -0.05) is 25.3 Å². The lowest BCUT2D eigenvalue weighted by atomic mass is 9.82. The van der Waals surface area contributed by atoms with Crippen molar-refractivity contribution in [3.05, 3.63) is 30.1 Å². The highest BCUT2D eigenvalue weighted by Crippen LogP contribution is 2.31. The Labute approximate surface area is 124 Å². The van der Waals surface area contributed by atoms with Gasteiger partial charge in [0, 0.05) is 6.20 Å². The summed E-state index contributed by atoms with van der Waals surface area (Å²) in [5.41, 5.74) is 0.880. The van der Waals surface area contributed by atoms with Gasteiger partial charge in [0.05, 0.1) is 17.7 Å². The first-order chi connectivity index (χ1) is 10.1. The predicted octanol–water partition coefficient (Wildman–Crippen LogP) is 2.67. The van der Waals surface area contributed by atoms with Crippen LogP contribution in [0.15, 0.2) is 24.4 Å². The summed E-state index contributed by atoms with van der Waals surface area (Å²) in [5.74, 6) is 0.552. The Morgan fingerprint density at radius 1 is 1.38 bits per heavy atom. The Bertz CT molecular complexity index is 657. The van der Waals surface area contributed by atoms with Gasteiger partial charge in [0.2, 0.25) is 5.91 Å². The van der Waals surface area contributed by atoms with E-state index in [1.165, 1.54) is 0 Å². The molecule has 1 aliphatic carbocycles. The molecule has 5 heteroatoms. The van der Waals surface area contributed by atoms with Crippen molar-refractivity contribution in [2.24, 2.45) is 0 Å². The number of carbonyl (C=O) groups is 1. The van der Waals surface area contributed by atoms with Gasteiger partial charge in [-0.25, -0.2) is 4.98 Å². The Hall–Kier alpha value is -1.88. The van der Waals surface area contributed by atoms with E-state index >= 15 is 0 Å². The maximum absolute atomic E-state index is 12.2. The molecular weight excluding hydrogens is 266 g/mol. The van der Waals surface area contributed by atoms with Crippen LogP contribution in [0.3, 0.4) is 0 Å². The molecule has 0 radical (unpaired) electrons. The van der Waals surface area contributed by atoms with Gasteiger partial charge in [0.1, 0.15) is 11.5 Å². The highest BCUT2D eigenvalue weighted by molar-refractivity contribution is 5.90. The van der Waals surface area contributed by atoms with Crippen LogP contribution in [0, 0.1) is 6.92 Å². The van der Waals surface area contributed by atoms with E-state index in [4.69, 9.17) is 0 Å². The van der Waals surface area contributed by atoms with Crippen LogP contribution in [0.1, 0.15) is 44.2 Å². The van der Waals surface area contributed by atoms with Gasteiger partial charge >= 0.3 is 0 Å². The Morgan fingerprint density at radius 3 is 2.90 bits per heavy atom. The number of aryl methyl sites for hydroxylation is 1. The van der Waals surface area contributed by atoms with Gasteiger partial charge in [0.25, 0.3) is 0 Å². The third-order valence-corrected chi connectivity index (χ3v) is 4.15. The van der Waals surface area contributed by atoms with Crippen LogP contribution >= 0.6 is 0 Å². The summed E-state index contributed by atoms with van der Waals surface area (Å²) in [6.45, 7) is 1.92. The molecule has 2 heterocycles. The number of carbonyl (C=O) groups excluding carboxylic acids is 1. The zero-order valence-electron chi connectivity index (χ0n) is 12.3. The van der Waals surface area contributed by atoms with Gasteiger partial charge in [-0.05, 0) is 31.9 Å². The van der Waals surface area contributed by atoms with Gasteiger partial charge in [-0.15, -0.1) is 0 Å². The zero-order valence-corrected chi connectivity index (χ0v) is 12.3. The van der Waals surface area contributed by atoms with Crippen LogP contribution in [0.4, 0.5) is 5.82 Å². The number of pyridine rings is 1. The summed E-state index contributed by atoms with van der Waals surface area (Å²) in [7, 11) is 0. The van der Waals surface area contributed by atoms with E-state index in [1.807, 2.05) is 35.7 Å². The van der Waals surface area contributed by atoms with Gasteiger partial charge < -0.3 is 10.4 Å². The fourth-order valence-electron chi connectivity index (χ4n) is 3.11. The Balaban J connectivity index is 1.74. The predicted molar refractivity (Wildman–Crippen MR) is 81.2 cm³/mol. The number of nitrogens with one attached hydrogen (secondary N) is 1. The number of hydrogen-bond donors (Lipinski definition) is 2. The van der Waals surface area contributed by atoms with Crippen molar-refractivity contribution in [3.63, 3.8) is 0 Å². The maximum atomic E-state index is 12.2. The minimum absolute atomic E-state index is 0.141. The fraction of sp³-hybridized carbons (Fsp3) is 0.500. The van der Waals surface area contributed by atoms with Crippen molar-refractivity contribution >= 4 is 17.4 Å². The second kappa shape index (κ2) is 5.48. The second-order valence-electron chi connectivity index (χ2n) is 6.03. The summed E-state index contributed by atoms with van der Waals surface area (Å²) in [6.07, 6.45) is 6.64. The standard InChI is InChI=1S/C16H21N3O2/c1-12-11-19-13(17-12)6-5-7-14(19)18-15(20)10-16(21)8-3-2-4-9-16/h5-7,11,21H,2-4,8-10H2,1H3,(H,18,20). The number of aromatic nitrogens is 2. The van der Waals surface area contributed by atoms with Crippen molar-refractivity contribution in [1.29, 1.82) is 0 Å². The second-order valence-corrected chi connectivity index (χ2v) is 6.03. The van der Waals surface area contributed by atoms with Crippen LogP contribution < -0.4 is 5.32 Å². The largest absolute Gasteiger partial charge is 0.389 e. The summed E-state index contributed by atoms with van der Waals surface area (Å²) >= 11 is 0. The minimum Gasteiger partial charge on any atom is -0.389 e. The molecule has 1 amide bonds. The lowest BCUT2D eigenvalue weighted by Gasteiger charge is -2.31. The summed E-state index contributed by atoms with van der Waals surface area (Å²) in [4.78, 5) is 16.6. The number of rotatable bonds is 3. The fourth-order valence-corrected chi connectivity index (χ4v) is 3.11. The molecule has 0 aliphatic heterocycles. The van der Waals surface area contributed by atoms with Gasteiger partial charge in [0.15, 0.2) is 0 Å². The van der Waals surface area contributed by atoms with Crippen LogP contribution in [0.25, 0.3) is 5.65 Å². The van der Waals surface area contributed by atoms with E-state index < -0.39 is 5.60 Å². The molecule has 2 N–H and O–H groups in total. The quantitative estimate of drug-likeness (QED) is 0.912. The number of aliphatic hydroxyl groups is 1. The topological polar surface area (TPSA) is 66.6 Å². The lowest BCUT2D eigenvalue weighted by Crippen LogP contribution is -2.36. The summed E-state index contributed by atoms with van der Waals surface area (Å²) < 4.78 is 1.86. The average Bonchev–Trinajstić information content (AvgIpc) is 2.80. The molecule has 0 atom stereocenters. The first-order valence-electron chi connectivity index (χ1n) is 7.53. The molecule has 3 rings (SSSR count). The molecule has 2 aromatic rings. The normalized spacial score (nSPS) is 17.8. The molecule has 0 aromatic carbocycles. The third kappa shape index (κ3) is 3.08. The SMILES string of the molecule is Cc1cn2c(NC(=O)CC3(O)CCCCC3)cccc2n1. The van der Waals surface area contributed by atoms with E-state index in [0.717, 1.165) is 43.4 Å². The molecule has 112 valence electrons. The molecule has 2 aromatic heterocycles. The van der Waals surface area contributed by atoms with Crippen molar-refractivity contribution in [1.82, 2.24) is 9.38 Å². The first kappa shape index (κ1) is 14.1. The number of imidazole rings is 1. The van der Waals surface area contributed by atoms with Crippen molar-refractivity contribution in [2.75, 3.05) is 5.32 Å². The highest BCUT2D eigenvalue weighted by Gasteiger charge is 2.31. The number of fused-ring (bicyclic) bond motifs is 1. The Morgan fingerprint density at radius 2 is 2.14 bits per heavy atom. The van der Waals surface area contributed by atoms with Crippen molar-refractivity contribution in [3.8, 4) is 0 Å². The van der Waals surface area contributed by atoms with E-state index in [2.05, 4.69) is 10.3 Å². The highest BCUT2D eigenvalue weighted by atomic mass is 16.3. The van der Waals surface area contributed by atoms with E-state index in [0.29, 0.717) is 5.82 Å². The van der Waals surface area contributed by atoms with Crippen LogP contribution in [0.5, 0.6) is 0 Å². The monoisotopic (exact) mass is 287 g/mol. The van der Waals surface area contributed by atoms with Crippen LogP contribution in [-0.2, 0) is 4.79 Å². The molecule has 21 heavy (non-hydrogen) atoms. The van der Waals surface area contributed by atoms with Gasteiger partial charge in [-0.2, -0.15) is 0 Å². The van der Waals surface area contributed by atoms with Crippen molar-refractivity contribution < 1.29 is 9.90 Å². The summed E-state index contributed by atoms with van der Waals surface area (Å²) in [5, 5.41) is 13.4. The molecule has 0 unspecified atom stereocenters. The minimum atomic E-state index is -0.832. The molecule has 1 aliphatic rings. The smallest absolute Gasteiger partial charge is 0.228 e. The zero-order chi connectivity index (χ0) is 14.9. The number of anilines is 1. The summed E-state index contributed by atoms with van der Waals surface area (Å²) in [6, 6.07) is 5.61. The molecule has 0 spiro atoms. The number of amides is 1. The maximum Gasteiger partial charge on any atom is 0.228 e. The lowest BCUT2D eigenvalue weighted by molar-refractivity contribution is -0.122. The number of nitrogens with zero attached hydrogens (tertiary/aromatic N) is 2. The van der Waals surface area contributed by atoms with Crippen molar-refractivity contribution in [2.45, 2.75) is 51.0 Å². The molecule has 1 fully saturated rings.